The molecule has 0 spiro atoms. The Bertz CT molecular complexity index is 653. The number of aromatic amines is 1. The van der Waals surface area contributed by atoms with Gasteiger partial charge in [0.25, 0.3) is 0 Å². The zero-order valence-electron chi connectivity index (χ0n) is 11.5. The van der Waals surface area contributed by atoms with E-state index >= 15 is 0 Å². The van der Waals surface area contributed by atoms with Crippen LogP contribution in [-0.2, 0) is 0 Å². The van der Waals surface area contributed by atoms with Gasteiger partial charge in [0.1, 0.15) is 17.8 Å². The summed E-state index contributed by atoms with van der Waals surface area (Å²) < 4.78 is 0. The average molecular weight is 275 g/mol. The highest BCUT2D eigenvalue weighted by Gasteiger charge is 2.26. The van der Waals surface area contributed by atoms with Crippen LogP contribution >= 0.6 is 0 Å². The van der Waals surface area contributed by atoms with Gasteiger partial charge in [0.2, 0.25) is 0 Å². The zero-order chi connectivity index (χ0) is 14.9. The number of fused-ring (bicyclic) bond motifs is 1. The minimum Gasteiger partial charge on any atom is -0.389 e. The van der Waals surface area contributed by atoms with Gasteiger partial charge in [-0.25, -0.2) is 9.97 Å². The van der Waals surface area contributed by atoms with Gasteiger partial charge in [-0.05, 0) is 20.8 Å². The molecule has 0 aliphatic heterocycles. The first-order chi connectivity index (χ1) is 9.32. The largest absolute Gasteiger partial charge is 0.389 e. The van der Waals surface area contributed by atoms with Crippen LogP contribution in [0.4, 0.5) is 0 Å². The molecule has 0 radical (unpaired) electrons. The SMILES string of the molecule is CC(NC(O)c1c[nH]c2ncc(C#N)nc12)C(C)(C)O. The maximum atomic E-state index is 10.2. The Hall–Kier alpha value is -2.01. The summed E-state index contributed by atoms with van der Waals surface area (Å²) in [4.78, 5) is 11.1. The van der Waals surface area contributed by atoms with Crippen molar-refractivity contribution in [3.8, 4) is 6.07 Å². The standard InChI is InChI=1S/C13H17N5O2/c1-7(13(2,3)20)17-12(19)9-6-16-11-10(9)18-8(4-14)5-15-11/h5-7,12,17,19-20H,1-3H3,(H,15,16). The van der Waals surface area contributed by atoms with Crippen molar-refractivity contribution in [3.05, 3.63) is 23.7 Å². The molecular weight excluding hydrogens is 258 g/mol. The summed E-state index contributed by atoms with van der Waals surface area (Å²) in [7, 11) is 0. The highest BCUT2D eigenvalue weighted by molar-refractivity contribution is 5.75. The van der Waals surface area contributed by atoms with Crippen LogP contribution in [0.25, 0.3) is 11.2 Å². The Morgan fingerprint density at radius 2 is 2.20 bits per heavy atom. The van der Waals surface area contributed by atoms with Crippen LogP contribution in [-0.4, -0.2) is 36.8 Å². The van der Waals surface area contributed by atoms with Gasteiger partial charge < -0.3 is 15.2 Å². The lowest BCUT2D eigenvalue weighted by atomic mass is 10.0. The Kier molecular flexibility index (Phi) is 3.72. The van der Waals surface area contributed by atoms with Crippen molar-refractivity contribution in [1.29, 1.82) is 5.26 Å². The first-order valence-electron chi connectivity index (χ1n) is 6.23. The van der Waals surface area contributed by atoms with E-state index < -0.39 is 11.8 Å². The molecule has 0 saturated heterocycles. The van der Waals surface area contributed by atoms with E-state index in [4.69, 9.17) is 5.26 Å². The fourth-order valence-electron chi connectivity index (χ4n) is 1.70. The average Bonchev–Trinajstić information content (AvgIpc) is 2.80. The number of nitriles is 1. The van der Waals surface area contributed by atoms with Gasteiger partial charge in [0.05, 0.1) is 11.8 Å². The van der Waals surface area contributed by atoms with E-state index in [2.05, 4.69) is 20.3 Å². The molecule has 2 rings (SSSR count). The van der Waals surface area contributed by atoms with Crippen molar-refractivity contribution >= 4 is 11.2 Å². The predicted octanol–water partition coefficient (Wildman–Crippen LogP) is 0.569. The van der Waals surface area contributed by atoms with Crippen LogP contribution in [0.1, 0.15) is 38.3 Å². The normalized spacial score (nSPS) is 15.0. The number of nitrogens with one attached hydrogen (secondary N) is 2. The fourth-order valence-corrected chi connectivity index (χ4v) is 1.70. The van der Waals surface area contributed by atoms with E-state index in [0.717, 1.165) is 0 Å². The molecule has 0 aliphatic rings. The van der Waals surface area contributed by atoms with Gasteiger partial charge in [-0.1, -0.05) is 0 Å². The van der Waals surface area contributed by atoms with Gasteiger partial charge in [-0.3, -0.25) is 5.32 Å². The molecule has 2 heterocycles. The van der Waals surface area contributed by atoms with Crippen molar-refractivity contribution in [3.63, 3.8) is 0 Å². The maximum Gasteiger partial charge on any atom is 0.159 e. The number of hydrogen-bond donors (Lipinski definition) is 4. The van der Waals surface area contributed by atoms with Crippen molar-refractivity contribution in [1.82, 2.24) is 20.3 Å². The van der Waals surface area contributed by atoms with Gasteiger partial charge in [0, 0.05) is 17.8 Å². The number of aromatic nitrogens is 3. The van der Waals surface area contributed by atoms with Crippen LogP contribution in [0.3, 0.4) is 0 Å². The number of nitrogens with zero attached hydrogens (tertiary/aromatic N) is 3. The van der Waals surface area contributed by atoms with Crippen molar-refractivity contribution in [2.45, 2.75) is 38.6 Å². The molecule has 0 bridgehead atoms. The minimum atomic E-state index is -1.02. The molecule has 0 amide bonds. The first-order valence-corrected chi connectivity index (χ1v) is 6.23. The fraction of sp³-hybridized carbons (Fsp3) is 0.462. The van der Waals surface area contributed by atoms with E-state index in [1.54, 1.807) is 27.0 Å². The molecule has 2 unspecified atom stereocenters. The molecule has 2 aromatic rings. The van der Waals surface area contributed by atoms with Crippen molar-refractivity contribution in [2.75, 3.05) is 0 Å². The molecular formula is C13H17N5O2. The van der Waals surface area contributed by atoms with Gasteiger partial charge in [0.15, 0.2) is 11.3 Å². The Labute approximate surface area is 116 Å². The quantitative estimate of drug-likeness (QED) is 0.606. The van der Waals surface area contributed by atoms with E-state index in [1.165, 1.54) is 6.20 Å². The summed E-state index contributed by atoms with van der Waals surface area (Å²) >= 11 is 0. The second-order valence-electron chi connectivity index (χ2n) is 5.25. The van der Waals surface area contributed by atoms with Gasteiger partial charge in [-0.2, -0.15) is 5.26 Å². The molecule has 0 fully saturated rings. The van der Waals surface area contributed by atoms with E-state index in [9.17, 15) is 10.2 Å². The third kappa shape index (κ3) is 2.77. The third-order valence-electron chi connectivity index (χ3n) is 3.29. The molecule has 106 valence electrons. The lowest BCUT2D eigenvalue weighted by Crippen LogP contribution is -2.46. The Morgan fingerprint density at radius 1 is 1.50 bits per heavy atom. The van der Waals surface area contributed by atoms with E-state index in [1.807, 2.05) is 6.07 Å². The topological polar surface area (TPSA) is 118 Å². The maximum absolute atomic E-state index is 10.2. The predicted molar refractivity (Wildman–Crippen MR) is 72.5 cm³/mol. The second kappa shape index (κ2) is 5.17. The lowest BCUT2D eigenvalue weighted by Gasteiger charge is -2.29. The second-order valence-corrected chi connectivity index (χ2v) is 5.25. The highest BCUT2D eigenvalue weighted by Crippen LogP contribution is 2.21. The summed E-state index contributed by atoms with van der Waals surface area (Å²) in [6.07, 6.45) is 1.93. The van der Waals surface area contributed by atoms with Crippen molar-refractivity contribution < 1.29 is 10.2 Å². The smallest absolute Gasteiger partial charge is 0.159 e. The monoisotopic (exact) mass is 275 g/mol. The lowest BCUT2D eigenvalue weighted by molar-refractivity contribution is 0.0136. The Balaban J connectivity index is 2.31. The van der Waals surface area contributed by atoms with E-state index in [0.29, 0.717) is 16.7 Å². The van der Waals surface area contributed by atoms with Crippen LogP contribution in [0.15, 0.2) is 12.4 Å². The summed E-state index contributed by atoms with van der Waals surface area (Å²) in [5, 5.41) is 31.8. The van der Waals surface area contributed by atoms with Crippen LogP contribution in [0, 0.1) is 11.3 Å². The summed E-state index contributed by atoms with van der Waals surface area (Å²) in [6, 6.07) is 1.57. The number of H-pyrrole nitrogens is 1. The van der Waals surface area contributed by atoms with Crippen LogP contribution in [0.2, 0.25) is 0 Å². The molecule has 4 N–H and O–H groups in total. The molecule has 0 aromatic carbocycles. The number of hydrogen-bond acceptors (Lipinski definition) is 6. The van der Waals surface area contributed by atoms with Crippen LogP contribution < -0.4 is 5.32 Å². The first kappa shape index (κ1) is 14.4. The molecule has 7 heteroatoms. The third-order valence-corrected chi connectivity index (χ3v) is 3.29. The zero-order valence-corrected chi connectivity index (χ0v) is 11.5. The Morgan fingerprint density at radius 3 is 2.80 bits per heavy atom. The van der Waals surface area contributed by atoms with Crippen LogP contribution in [0.5, 0.6) is 0 Å². The van der Waals surface area contributed by atoms with Gasteiger partial charge in [-0.15, -0.1) is 0 Å². The summed E-state index contributed by atoms with van der Waals surface area (Å²) in [6.45, 7) is 5.07. The van der Waals surface area contributed by atoms with Gasteiger partial charge >= 0.3 is 0 Å². The molecule has 2 atom stereocenters. The minimum absolute atomic E-state index is 0.182. The molecule has 2 aromatic heterocycles. The molecule has 20 heavy (non-hydrogen) atoms. The summed E-state index contributed by atoms with van der Waals surface area (Å²) in [5.74, 6) is 0. The van der Waals surface area contributed by atoms with E-state index in [-0.39, 0.29) is 11.7 Å². The number of aliphatic hydroxyl groups is 2. The molecule has 0 saturated carbocycles. The summed E-state index contributed by atoms with van der Waals surface area (Å²) in [5.41, 5.74) is 0.626. The number of aliphatic hydroxyl groups excluding tert-OH is 1. The highest BCUT2D eigenvalue weighted by atomic mass is 16.3. The van der Waals surface area contributed by atoms with Crippen molar-refractivity contribution in [2.24, 2.45) is 0 Å². The number of rotatable bonds is 4. The molecule has 7 nitrogen and oxygen atoms in total. The molecule has 0 aliphatic carbocycles.